The molecule has 1 aromatic carbocycles. The maximum absolute atomic E-state index is 9.51. The van der Waals surface area contributed by atoms with Gasteiger partial charge in [-0.15, -0.1) is 0 Å². The standard InChI is InChI=1S/C10H15NOS/c1-7(2)13-6-8-3-4-9(11)5-10(8)12/h3-5,7,12H,6,11H2,1-2H3. The van der Waals surface area contributed by atoms with Crippen LogP contribution in [-0.4, -0.2) is 10.4 Å². The number of benzene rings is 1. The second-order valence-electron chi connectivity index (χ2n) is 3.25. The second-order valence-corrected chi connectivity index (χ2v) is 4.81. The fraction of sp³-hybridized carbons (Fsp3) is 0.400. The second kappa shape index (κ2) is 4.42. The summed E-state index contributed by atoms with van der Waals surface area (Å²) in [5, 5.41) is 10.1. The Morgan fingerprint density at radius 2 is 2.15 bits per heavy atom. The van der Waals surface area contributed by atoms with Gasteiger partial charge in [-0.3, -0.25) is 0 Å². The molecule has 0 bridgehead atoms. The van der Waals surface area contributed by atoms with E-state index in [1.807, 2.05) is 12.1 Å². The lowest BCUT2D eigenvalue weighted by molar-refractivity contribution is 0.471. The number of nitrogen functional groups attached to an aromatic ring is 1. The van der Waals surface area contributed by atoms with Crippen LogP contribution in [0.25, 0.3) is 0 Å². The van der Waals surface area contributed by atoms with Crippen LogP contribution in [0.1, 0.15) is 19.4 Å². The monoisotopic (exact) mass is 197 g/mol. The van der Waals surface area contributed by atoms with E-state index in [1.54, 1.807) is 17.8 Å². The van der Waals surface area contributed by atoms with Crippen molar-refractivity contribution in [3.8, 4) is 5.75 Å². The molecule has 0 unspecified atom stereocenters. The van der Waals surface area contributed by atoms with Gasteiger partial charge in [-0.1, -0.05) is 19.9 Å². The molecule has 72 valence electrons. The van der Waals surface area contributed by atoms with Gasteiger partial charge in [-0.25, -0.2) is 0 Å². The third-order valence-corrected chi connectivity index (χ3v) is 2.83. The van der Waals surface area contributed by atoms with Crippen molar-refractivity contribution in [3.63, 3.8) is 0 Å². The number of hydrogen-bond acceptors (Lipinski definition) is 3. The quantitative estimate of drug-likeness (QED) is 0.732. The normalized spacial score (nSPS) is 10.7. The molecule has 1 aromatic rings. The Morgan fingerprint density at radius 3 is 2.69 bits per heavy atom. The summed E-state index contributed by atoms with van der Waals surface area (Å²) in [6.45, 7) is 4.28. The first-order valence-corrected chi connectivity index (χ1v) is 5.33. The zero-order valence-electron chi connectivity index (χ0n) is 7.95. The zero-order valence-corrected chi connectivity index (χ0v) is 8.77. The van der Waals surface area contributed by atoms with Crippen molar-refractivity contribution in [2.24, 2.45) is 0 Å². The predicted molar refractivity (Wildman–Crippen MR) is 59.0 cm³/mol. The molecular weight excluding hydrogens is 182 g/mol. The molecule has 3 N–H and O–H groups in total. The van der Waals surface area contributed by atoms with Crippen molar-refractivity contribution in [3.05, 3.63) is 23.8 Å². The number of phenols is 1. The first kappa shape index (κ1) is 10.3. The van der Waals surface area contributed by atoms with E-state index < -0.39 is 0 Å². The van der Waals surface area contributed by atoms with Gasteiger partial charge in [0.25, 0.3) is 0 Å². The van der Waals surface area contributed by atoms with Crippen LogP contribution >= 0.6 is 11.8 Å². The summed E-state index contributed by atoms with van der Waals surface area (Å²) in [6.07, 6.45) is 0. The molecule has 0 saturated carbocycles. The average molecular weight is 197 g/mol. The minimum absolute atomic E-state index is 0.299. The van der Waals surface area contributed by atoms with Crippen LogP contribution in [0.3, 0.4) is 0 Å². The Balaban J connectivity index is 2.67. The highest BCUT2D eigenvalue weighted by atomic mass is 32.2. The minimum atomic E-state index is 0.299. The van der Waals surface area contributed by atoms with Crippen LogP contribution in [0.15, 0.2) is 18.2 Å². The van der Waals surface area contributed by atoms with Gasteiger partial charge in [0.2, 0.25) is 0 Å². The highest BCUT2D eigenvalue weighted by Crippen LogP contribution is 2.26. The third kappa shape index (κ3) is 3.19. The van der Waals surface area contributed by atoms with Crippen LogP contribution in [0.4, 0.5) is 5.69 Å². The molecule has 3 heteroatoms. The summed E-state index contributed by atoms with van der Waals surface area (Å²) < 4.78 is 0. The van der Waals surface area contributed by atoms with Gasteiger partial charge >= 0.3 is 0 Å². The lowest BCUT2D eigenvalue weighted by atomic mass is 10.2. The van der Waals surface area contributed by atoms with Crippen molar-refractivity contribution < 1.29 is 5.11 Å². The molecule has 0 atom stereocenters. The smallest absolute Gasteiger partial charge is 0.121 e. The molecule has 0 aliphatic heterocycles. The third-order valence-electron chi connectivity index (χ3n) is 1.68. The van der Waals surface area contributed by atoms with Gasteiger partial charge in [0.15, 0.2) is 0 Å². The number of hydrogen-bond donors (Lipinski definition) is 2. The maximum Gasteiger partial charge on any atom is 0.121 e. The van der Waals surface area contributed by atoms with Gasteiger partial charge in [0.05, 0.1) is 0 Å². The molecule has 13 heavy (non-hydrogen) atoms. The van der Waals surface area contributed by atoms with E-state index in [0.29, 0.717) is 16.7 Å². The van der Waals surface area contributed by atoms with Crippen LogP contribution < -0.4 is 5.73 Å². The Hall–Kier alpha value is -0.830. The minimum Gasteiger partial charge on any atom is -0.508 e. The van der Waals surface area contributed by atoms with Gasteiger partial charge in [-0.05, 0) is 11.3 Å². The first-order chi connectivity index (χ1) is 6.09. The van der Waals surface area contributed by atoms with E-state index in [2.05, 4.69) is 13.8 Å². The summed E-state index contributed by atoms with van der Waals surface area (Å²) >= 11 is 1.80. The molecular formula is C10H15NOS. The van der Waals surface area contributed by atoms with E-state index in [1.165, 1.54) is 0 Å². The number of rotatable bonds is 3. The molecule has 0 radical (unpaired) electrons. The highest BCUT2D eigenvalue weighted by molar-refractivity contribution is 7.99. The number of phenolic OH excluding ortho intramolecular Hbond substituents is 1. The fourth-order valence-electron chi connectivity index (χ4n) is 0.959. The molecule has 0 saturated heterocycles. The van der Waals surface area contributed by atoms with Gasteiger partial charge < -0.3 is 10.8 Å². The molecule has 1 rings (SSSR count). The van der Waals surface area contributed by atoms with E-state index in [9.17, 15) is 5.11 Å². The van der Waals surface area contributed by atoms with Crippen molar-refractivity contribution in [2.45, 2.75) is 24.9 Å². The molecule has 0 aliphatic carbocycles. The van der Waals surface area contributed by atoms with Crippen molar-refractivity contribution in [2.75, 3.05) is 5.73 Å². The van der Waals surface area contributed by atoms with Crippen LogP contribution in [0.5, 0.6) is 5.75 Å². The Bertz CT molecular complexity index is 286. The Labute approximate surface area is 83.1 Å². The molecule has 0 fully saturated rings. The fourth-order valence-corrected chi connectivity index (χ4v) is 1.72. The first-order valence-electron chi connectivity index (χ1n) is 4.28. The van der Waals surface area contributed by atoms with E-state index in [4.69, 9.17) is 5.73 Å². The molecule has 0 heterocycles. The Kier molecular flexibility index (Phi) is 3.48. The maximum atomic E-state index is 9.51. The zero-order chi connectivity index (χ0) is 9.84. The lowest BCUT2D eigenvalue weighted by Crippen LogP contribution is -1.91. The summed E-state index contributed by atoms with van der Waals surface area (Å²) in [4.78, 5) is 0. The number of anilines is 1. The summed E-state index contributed by atoms with van der Waals surface area (Å²) in [5.74, 6) is 1.14. The summed E-state index contributed by atoms with van der Waals surface area (Å²) in [5.41, 5.74) is 7.08. The largest absolute Gasteiger partial charge is 0.508 e. The van der Waals surface area contributed by atoms with Gasteiger partial charge in [0.1, 0.15) is 5.75 Å². The molecule has 0 aliphatic rings. The molecule has 0 aromatic heterocycles. The lowest BCUT2D eigenvalue weighted by Gasteiger charge is -2.07. The highest BCUT2D eigenvalue weighted by Gasteiger charge is 2.02. The Morgan fingerprint density at radius 1 is 1.46 bits per heavy atom. The summed E-state index contributed by atoms with van der Waals surface area (Å²) in [6, 6.07) is 5.28. The summed E-state index contributed by atoms with van der Waals surface area (Å²) in [7, 11) is 0. The molecule has 0 amide bonds. The predicted octanol–water partition coefficient (Wildman–Crippen LogP) is 2.62. The van der Waals surface area contributed by atoms with Crippen molar-refractivity contribution in [1.82, 2.24) is 0 Å². The van der Waals surface area contributed by atoms with Crippen LogP contribution in [0, 0.1) is 0 Å². The van der Waals surface area contributed by atoms with E-state index in [-0.39, 0.29) is 0 Å². The van der Waals surface area contributed by atoms with Crippen molar-refractivity contribution in [1.29, 1.82) is 0 Å². The van der Waals surface area contributed by atoms with Gasteiger partial charge in [0, 0.05) is 23.1 Å². The number of aromatic hydroxyl groups is 1. The van der Waals surface area contributed by atoms with E-state index in [0.717, 1.165) is 11.3 Å². The number of thioether (sulfide) groups is 1. The number of nitrogens with two attached hydrogens (primary N) is 1. The topological polar surface area (TPSA) is 46.2 Å². The van der Waals surface area contributed by atoms with Crippen LogP contribution in [-0.2, 0) is 5.75 Å². The average Bonchev–Trinajstić information content (AvgIpc) is 2.02. The van der Waals surface area contributed by atoms with Crippen LogP contribution in [0.2, 0.25) is 0 Å². The SMILES string of the molecule is CC(C)SCc1ccc(N)cc1O. The molecule has 2 nitrogen and oxygen atoms in total. The van der Waals surface area contributed by atoms with E-state index >= 15 is 0 Å². The van der Waals surface area contributed by atoms with Crippen molar-refractivity contribution >= 4 is 17.4 Å². The molecule has 0 spiro atoms. The van der Waals surface area contributed by atoms with Gasteiger partial charge in [-0.2, -0.15) is 11.8 Å².